The zero-order valence-corrected chi connectivity index (χ0v) is 17.9. The van der Waals surface area contributed by atoms with Gasteiger partial charge in [-0.3, -0.25) is 9.80 Å². The number of ether oxygens (including phenoxy) is 1. The number of aliphatic hydroxyl groups excluding tert-OH is 1. The van der Waals surface area contributed by atoms with Crippen LogP contribution in [-0.4, -0.2) is 63.8 Å². The van der Waals surface area contributed by atoms with Crippen LogP contribution in [-0.2, 0) is 19.5 Å². The minimum absolute atomic E-state index is 0.216. The lowest BCUT2D eigenvalue weighted by atomic mass is 10.1. The molecule has 0 aliphatic carbocycles. The Labute approximate surface area is 174 Å². The number of para-hydroxylation sites is 1. The van der Waals surface area contributed by atoms with Crippen LogP contribution < -0.4 is 4.74 Å². The fourth-order valence-electron chi connectivity index (χ4n) is 4.08. The Kier molecular flexibility index (Phi) is 8.52. The Balaban J connectivity index is 1.60. The number of aryl methyl sites for hydroxylation is 1. The number of piperazine rings is 1. The number of nitrogens with one attached hydrogen (secondary N) is 1. The van der Waals surface area contributed by atoms with Crippen LogP contribution in [0, 0.1) is 0 Å². The van der Waals surface area contributed by atoms with Gasteiger partial charge in [-0.05, 0) is 25.8 Å². The molecule has 0 bridgehead atoms. The van der Waals surface area contributed by atoms with Gasteiger partial charge in [0.25, 0.3) is 0 Å². The van der Waals surface area contributed by atoms with Gasteiger partial charge >= 0.3 is 0 Å². The number of H-pyrrole nitrogens is 1. The first kappa shape index (κ1) is 21.8. The van der Waals surface area contributed by atoms with Crippen molar-refractivity contribution in [2.24, 2.45) is 0 Å². The molecule has 1 aromatic heterocycles. The molecule has 1 aromatic carbocycles. The molecule has 160 valence electrons. The maximum atomic E-state index is 9.62. The molecule has 1 atom stereocenters. The molecule has 1 aliphatic rings. The van der Waals surface area contributed by atoms with Crippen LogP contribution in [0.15, 0.2) is 30.5 Å². The topological polar surface area (TPSA) is 64.6 Å². The first-order chi connectivity index (χ1) is 14.2. The van der Waals surface area contributed by atoms with Gasteiger partial charge in [0.05, 0.1) is 6.61 Å². The number of hydrogen-bond acceptors (Lipinski definition) is 5. The van der Waals surface area contributed by atoms with E-state index < -0.39 is 0 Å². The zero-order chi connectivity index (χ0) is 20.5. The number of rotatable bonds is 11. The zero-order valence-electron chi connectivity index (χ0n) is 17.9. The minimum atomic E-state index is 0.216. The highest BCUT2D eigenvalue weighted by molar-refractivity contribution is 5.33. The van der Waals surface area contributed by atoms with Crippen LogP contribution in [0.3, 0.4) is 0 Å². The summed E-state index contributed by atoms with van der Waals surface area (Å²) in [4.78, 5) is 13.0. The SMILES string of the molecule is CCCCc1ncc(CN2CCN(Cc3ccccc3OCC)[C@H](CCO)C2)[nH]1. The summed E-state index contributed by atoms with van der Waals surface area (Å²) < 4.78 is 5.81. The van der Waals surface area contributed by atoms with Crippen molar-refractivity contribution in [3.63, 3.8) is 0 Å². The van der Waals surface area contributed by atoms with E-state index in [1.807, 2.05) is 25.3 Å². The summed E-state index contributed by atoms with van der Waals surface area (Å²) in [6, 6.07) is 8.63. The van der Waals surface area contributed by atoms with Crippen molar-refractivity contribution in [3.05, 3.63) is 47.5 Å². The average Bonchev–Trinajstić information content (AvgIpc) is 3.17. The third-order valence-corrected chi connectivity index (χ3v) is 5.64. The fourth-order valence-corrected chi connectivity index (χ4v) is 4.08. The summed E-state index contributed by atoms with van der Waals surface area (Å²) in [5.74, 6) is 2.07. The molecular weight excluding hydrogens is 364 g/mol. The Morgan fingerprint density at radius 3 is 2.86 bits per heavy atom. The second-order valence-electron chi connectivity index (χ2n) is 7.87. The molecule has 1 saturated heterocycles. The van der Waals surface area contributed by atoms with Gasteiger partial charge in [0.2, 0.25) is 0 Å². The van der Waals surface area contributed by atoms with E-state index in [1.165, 1.54) is 24.1 Å². The van der Waals surface area contributed by atoms with Crippen LogP contribution in [0.5, 0.6) is 5.75 Å². The molecule has 0 saturated carbocycles. The minimum Gasteiger partial charge on any atom is -0.494 e. The van der Waals surface area contributed by atoms with Crippen molar-refractivity contribution in [1.29, 1.82) is 0 Å². The Morgan fingerprint density at radius 2 is 2.07 bits per heavy atom. The smallest absolute Gasteiger partial charge is 0.123 e. The molecule has 2 heterocycles. The second-order valence-corrected chi connectivity index (χ2v) is 7.87. The summed E-state index contributed by atoms with van der Waals surface area (Å²) in [6.45, 7) is 9.84. The lowest BCUT2D eigenvalue weighted by molar-refractivity contribution is 0.0489. The molecule has 0 spiro atoms. The average molecular weight is 401 g/mol. The predicted octanol–water partition coefficient (Wildman–Crippen LogP) is 3.22. The first-order valence-electron chi connectivity index (χ1n) is 11.0. The van der Waals surface area contributed by atoms with Crippen LogP contribution in [0.4, 0.5) is 0 Å². The van der Waals surface area contributed by atoms with E-state index in [4.69, 9.17) is 4.74 Å². The van der Waals surface area contributed by atoms with Gasteiger partial charge in [-0.2, -0.15) is 0 Å². The van der Waals surface area contributed by atoms with Crippen LogP contribution >= 0.6 is 0 Å². The van der Waals surface area contributed by atoms with Crippen LogP contribution in [0.25, 0.3) is 0 Å². The molecule has 3 rings (SSSR count). The standard InChI is InChI=1S/C23H36N4O2/c1-3-5-10-23-24-15-20(25-23)17-26-12-13-27(21(18-26)11-14-28)16-19-8-6-7-9-22(19)29-4-2/h6-9,15,21,28H,3-5,10-14,16-18H2,1-2H3,(H,24,25)/t21-/m1/s1. The Bertz CT molecular complexity index is 733. The van der Waals surface area contributed by atoms with Crippen molar-refractivity contribution in [1.82, 2.24) is 19.8 Å². The largest absolute Gasteiger partial charge is 0.494 e. The van der Waals surface area contributed by atoms with E-state index in [1.54, 1.807) is 0 Å². The molecule has 6 nitrogen and oxygen atoms in total. The molecule has 0 amide bonds. The summed E-state index contributed by atoms with van der Waals surface area (Å²) in [5.41, 5.74) is 2.41. The van der Waals surface area contributed by atoms with Gasteiger partial charge < -0.3 is 14.8 Å². The summed E-state index contributed by atoms with van der Waals surface area (Å²) in [7, 11) is 0. The molecule has 2 N–H and O–H groups in total. The van der Waals surface area contributed by atoms with E-state index in [-0.39, 0.29) is 6.61 Å². The van der Waals surface area contributed by atoms with Crippen molar-refractivity contribution in [3.8, 4) is 5.75 Å². The molecule has 6 heteroatoms. The molecule has 1 fully saturated rings. The highest BCUT2D eigenvalue weighted by atomic mass is 16.5. The number of imidazole rings is 1. The molecule has 0 unspecified atom stereocenters. The number of aliphatic hydroxyl groups is 1. The monoisotopic (exact) mass is 400 g/mol. The molecule has 2 aromatic rings. The van der Waals surface area contributed by atoms with E-state index >= 15 is 0 Å². The highest BCUT2D eigenvalue weighted by Crippen LogP contribution is 2.24. The third-order valence-electron chi connectivity index (χ3n) is 5.64. The summed E-state index contributed by atoms with van der Waals surface area (Å²) >= 11 is 0. The first-order valence-corrected chi connectivity index (χ1v) is 11.0. The number of benzene rings is 1. The second kappa shape index (κ2) is 11.3. The Morgan fingerprint density at radius 1 is 1.21 bits per heavy atom. The van der Waals surface area contributed by atoms with Gasteiger partial charge in [-0.1, -0.05) is 31.5 Å². The van der Waals surface area contributed by atoms with Crippen LogP contribution in [0.1, 0.15) is 50.2 Å². The van der Waals surface area contributed by atoms with Gasteiger partial charge in [-0.25, -0.2) is 4.98 Å². The van der Waals surface area contributed by atoms with Gasteiger partial charge in [0.1, 0.15) is 11.6 Å². The summed E-state index contributed by atoms with van der Waals surface area (Å²) in [5, 5.41) is 9.62. The van der Waals surface area contributed by atoms with Gasteiger partial charge in [0, 0.05) is 69.2 Å². The van der Waals surface area contributed by atoms with Gasteiger partial charge in [-0.15, -0.1) is 0 Å². The molecule has 29 heavy (non-hydrogen) atoms. The van der Waals surface area contributed by atoms with E-state index in [2.05, 4.69) is 38.8 Å². The number of unbranched alkanes of at least 4 members (excludes halogenated alkanes) is 1. The maximum Gasteiger partial charge on any atom is 0.123 e. The summed E-state index contributed by atoms with van der Waals surface area (Å²) in [6.07, 6.45) is 6.16. The molecule has 1 aliphatic heterocycles. The van der Waals surface area contributed by atoms with Crippen molar-refractivity contribution < 1.29 is 9.84 Å². The van der Waals surface area contributed by atoms with Crippen molar-refractivity contribution in [2.75, 3.05) is 32.8 Å². The lowest BCUT2D eigenvalue weighted by Crippen LogP contribution is -2.52. The fraction of sp³-hybridized carbons (Fsp3) is 0.609. The number of nitrogens with zero attached hydrogens (tertiary/aromatic N) is 3. The van der Waals surface area contributed by atoms with E-state index in [9.17, 15) is 5.11 Å². The predicted molar refractivity (Wildman–Crippen MR) is 116 cm³/mol. The van der Waals surface area contributed by atoms with Crippen molar-refractivity contribution in [2.45, 2.75) is 58.7 Å². The lowest BCUT2D eigenvalue weighted by Gasteiger charge is -2.41. The normalized spacial score (nSPS) is 18.2. The maximum absolute atomic E-state index is 9.62. The van der Waals surface area contributed by atoms with Gasteiger partial charge in [0.15, 0.2) is 0 Å². The highest BCUT2D eigenvalue weighted by Gasteiger charge is 2.27. The Hall–Kier alpha value is -1.89. The van der Waals surface area contributed by atoms with Crippen LogP contribution in [0.2, 0.25) is 0 Å². The van der Waals surface area contributed by atoms with E-state index in [0.717, 1.165) is 57.1 Å². The number of aromatic nitrogens is 2. The van der Waals surface area contributed by atoms with E-state index in [0.29, 0.717) is 12.6 Å². The number of hydrogen-bond donors (Lipinski definition) is 2. The number of aromatic amines is 1. The quantitative estimate of drug-likeness (QED) is 0.606. The third kappa shape index (κ3) is 6.29. The van der Waals surface area contributed by atoms with Crippen molar-refractivity contribution >= 4 is 0 Å². The molecular formula is C23H36N4O2. The molecule has 0 radical (unpaired) electrons.